The molecule has 11 heteroatoms. The summed E-state index contributed by atoms with van der Waals surface area (Å²) in [7, 11) is -3.90. The molecule has 1 N–H and O–H groups in total. The Kier molecular flexibility index (Phi) is 6.50. The largest absolute Gasteiger partial charge is 0.337 e. The molecule has 1 saturated heterocycles. The summed E-state index contributed by atoms with van der Waals surface area (Å²) in [5.74, 6) is 0.465. The van der Waals surface area contributed by atoms with Crippen molar-refractivity contribution in [2.75, 3.05) is 35.8 Å². The van der Waals surface area contributed by atoms with E-state index in [1.165, 1.54) is 24.3 Å². The zero-order chi connectivity index (χ0) is 22.7. The van der Waals surface area contributed by atoms with Gasteiger partial charge in [-0.3, -0.25) is 9.52 Å². The molecule has 2 heterocycles. The Labute approximate surface area is 195 Å². The van der Waals surface area contributed by atoms with Gasteiger partial charge in [0.15, 0.2) is 0 Å². The summed E-state index contributed by atoms with van der Waals surface area (Å²) < 4.78 is 27.9. The highest BCUT2D eigenvalue weighted by molar-refractivity contribution is 7.92. The first kappa shape index (κ1) is 22.3. The number of piperazine rings is 1. The van der Waals surface area contributed by atoms with Gasteiger partial charge in [0.2, 0.25) is 5.95 Å². The van der Waals surface area contributed by atoms with Gasteiger partial charge < -0.3 is 9.80 Å². The van der Waals surface area contributed by atoms with Crippen molar-refractivity contribution in [2.24, 2.45) is 0 Å². The van der Waals surface area contributed by atoms with Crippen LogP contribution in [0.3, 0.4) is 0 Å². The standard InChI is InChI=1S/C21H19Cl2N5O3S/c22-18-6-5-17(14-19(18)23)32(30,31)26-16-4-1-3-15(13-16)20(29)27-9-11-28(12-10-27)21-24-7-2-8-25-21/h1-8,13-14,26H,9-12H2. The number of benzene rings is 2. The van der Waals surface area contributed by atoms with Crippen LogP contribution in [-0.4, -0.2) is 55.4 Å². The van der Waals surface area contributed by atoms with Crippen molar-refractivity contribution >= 4 is 50.8 Å². The Morgan fingerprint density at radius 2 is 1.62 bits per heavy atom. The Morgan fingerprint density at radius 3 is 2.31 bits per heavy atom. The van der Waals surface area contributed by atoms with E-state index in [1.54, 1.807) is 41.6 Å². The van der Waals surface area contributed by atoms with E-state index in [4.69, 9.17) is 23.2 Å². The van der Waals surface area contributed by atoms with Crippen molar-refractivity contribution in [3.63, 3.8) is 0 Å². The fourth-order valence-electron chi connectivity index (χ4n) is 3.32. The highest BCUT2D eigenvalue weighted by Gasteiger charge is 2.24. The molecule has 1 aromatic heterocycles. The minimum Gasteiger partial charge on any atom is -0.337 e. The minimum atomic E-state index is -3.90. The molecule has 1 fully saturated rings. The molecule has 1 aliphatic heterocycles. The summed E-state index contributed by atoms with van der Waals surface area (Å²) >= 11 is 11.8. The van der Waals surface area contributed by atoms with Crippen LogP contribution in [-0.2, 0) is 10.0 Å². The molecule has 166 valence electrons. The third-order valence-electron chi connectivity index (χ3n) is 4.96. The quantitative estimate of drug-likeness (QED) is 0.586. The number of hydrogen-bond acceptors (Lipinski definition) is 6. The van der Waals surface area contributed by atoms with Crippen LogP contribution >= 0.6 is 23.2 Å². The number of hydrogen-bond donors (Lipinski definition) is 1. The van der Waals surface area contributed by atoms with Crippen molar-refractivity contribution < 1.29 is 13.2 Å². The van der Waals surface area contributed by atoms with Crippen LogP contribution in [0.4, 0.5) is 11.6 Å². The van der Waals surface area contributed by atoms with E-state index in [1.807, 2.05) is 4.90 Å². The topological polar surface area (TPSA) is 95.5 Å². The van der Waals surface area contributed by atoms with Gasteiger partial charge in [-0.1, -0.05) is 29.3 Å². The first-order chi connectivity index (χ1) is 15.3. The molecule has 0 radical (unpaired) electrons. The molecule has 0 aliphatic carbocycles. The zero-order valence-corrected chi connectivity index (χ0v) is 19.1. The monoisotopic (exact) mass is 491 g/mol. The van der Waals surface area contributed by atoms with Gasteiger partial charge >= 0.3 is 0 Å². The maximum Gasteiger partial charge on any atom is 0.261 e. The van der Waals surface area contributed by atoms with E-state index in [9.17, 15) is 13.2 Å². The first-order valence-corrected chi connectivity index (χ1v) is 12.0. The Balaban J connectivity index is 1.44. The normalized spacial score (nSPS) is 14.3. The molecule has 0 saturated carbocycles. The molecular formula is C21H19Cl2N5O3S. The van der Waals surface area contributed by atoms with Gasteiger partial charge in [-0.05, 0) is 42.5 Å². The van der Waals surface area contributed by atoms with Crippen LogP contribution < -0.4 is 9.62 Å². The smallest absolute Gasteiger partial charge is 0.261 e. The number of nitrogens with zero attached hydrogens (tertiary/aromatic N) is 4. The second-order valence-corrected chi connectivity index (χ2v) is 9.59. The Hall–Kier alpha value is -2.88. The number of amides is 1. The van der Waals surface area contributed by atoms with Crippen LogP contribution in [0.2, 0.25) is 10.0 Å². The van der Waals surface area contributed by atoms with Crippen LogP contribution in [0.25, 0.3) is 0 Å². The van der Waals surface area contributed by atoms with Crippen molar-refractivity contribution in [2.45, 2.75) is 4.90 Å². The minimum absolute atomic E-state index is 0.0251. The molecular weight excluding hydrogens is 473 g/mol. The fraction of sp³-hybridized carbons (Fsp3) is 0.190. The SMILES string of the molecule is O=C(c1cccc(NS(=O)(=O)c2ccc(Cl)c(Cl)c2)c1)N1CCN(c2ncccn2)CC1. The maximum absolute atomic E-state index is 13.0. The lowest BCUT2D eigenvalue weighted by molar-refractivity contribution is 0.0746. The molecule has 3 aromatic rings. The second-order valence-electron chi connectivity index (χ2n) is 7.09. The molecule has 1 aliphatic rings. The van der Waals surface area contributed by atoms with Crippen molar-refractivity contribution in [3.8, 4) is 0 Å². The Morgan fingerprint density at radius 1 is 0.906 bits per heavy atom. The lowest BCUT2D eigenvalue weighted by Gasteiger charge is -2.34. The third kappa shape index (κ3) is 4.95. The second kappa shape index (κ2) is 9.32. The van der Waals surface area contributed by atoms with Crippen LogP contribution in [0, 0.1) is 0 Å². The lowest BCUT2D eigenvalue weighted by atomic mass is 10.1. The molecule has 0 atom stereocenters. The molecule has 2 aromatic carbocycles. The summed E-state index contributed by atoms with van der Waals surface area (Å²) in [5.41, 5.74) is 0.669. The third-order valence-corrected chi connectivity index (χ3v) is 7.08. The van der Waals surface area contributed by atoms with Crippen LogP contribution in [0.1, 0.15) is 10.4 Å². The predicted molar refractivity (Wildman–Crippen MR) is 124 cm³/mol. The van der Waals surface area contributed by atoms with Crippen LogP contribution in [0.5, 0.6) is 0 Å². The average Bonchev–Trinajstić information content (AvgIpc) is 2.81. The molecule has 0 unspecified atom stereocenters. The molecule has 4 rings (SSSR count). The summed E-state index contributed by atoms with van der Waals surface area (Å²) in [4.78, 5) is 25.2. The number of sulfonamides is 1. The summed E-state index contributed by atoms with van der Waals surface area (Å²) in [5, 5.41) is 0.399. The van der Waals surface area contributed by atoms with Gasteiger partial charge in [-0.25, -0.2) is 18.4 Å². The molecule has 32 heavy (non-hydrogen) atoms. The van der Waals surface area contributed by atoms with Gasteiger partial charge in [-0.2, -0.15) is 0 Å². The van der Waals surface area contributed by atoms with E-state index >= 15 is 0 Å². The summed E-state index contributed by atoms with van der Waals surface area (Å²) in [6.45, 7) is 2.24. The number of nitrogens with one attached hydrogen (secondary N) is 1. The molecule has 0 spiro atoms. The molecule has 8 nitrogen and oxygen atoms in total. The van der Waals surface area contributed by atoms with Crippen molar-refractivity contribution in [1.29, 1.82) is 0 Å². The Bertz CT molecular complexity index is 1230. The van der Waals surface area contributed by atoms with Gasteiger partial charge in [0.05, 0.1) is 14.9 Å². The number of carbonyl (C=O) groups is 1. The van der Waals surface area contributed by atoms with Crippen molar-refractivity contribution in [1.82, 2.24) is 14.9 Å². The highest BCUT2D eigenvalue weighted by atomic mass is 35.5. The number of halogens is 2. The van der Waals surface area contributed by atoms with E-state index in [0.717, 1.165) is 0 Å². The number of rotatable bonds is 5. The van der Waals surface area contributed by atoms with Gasteiger partial charge in [-0.15, -0.1) is 0 Å². The fourth-order valence-corrected chi connectivity index (χ4v) is 4.76. The van der Waals surface area contributed by atoms with E-state index in [2.05, 4.69) is 14.7 Å². The van der Waals surface area contributed by atoms with E-state index in [0.29, 0.717) is 37.7 Å². The van der Waals surface area contributed by atoms with E-state index in [-0.39, 0.29) is 26.5 Å². The number of anilines is 2. The maximum atomic E-state index is 13.0. The van der Waals surface area contributed by atoms with Gasteiger partial charge in [0.25, 0.3) is 15.9 Å². The summed E-state index contributed by atoms with van der Waals surface area (Å²) in [6, 6.07) is 12.2. The lowest BCUT2D eigenvalue weighted by Crippen LogP contribution is -2.49. The predicted octanol–water partition coefficient (Wildman–Crippen LogP) is 3.55. The van der Waals surface area contributed by atoms with Gasteiger partial charge in [0.1, 0.15) is 0 Å². The first-order valence-electron chi connectivity index (χ1n) is 9.73. The molecule has 0 bridgehead atoms. The van der Waals surface area contributed by atoms with Gasteiger partial charge in [0, 0.05) is 49.8 Å². The highest BCUT2D eigenvalue weighted by Crippen LogP contribution is 2.26. The molecule has 1 amide bonds. The van der Waals surface area contributed by atoms with Crippen molar-refractivity contribution in [3.05, 3.63) is 76.5 Å². The van der Waals surface area contributed by atoms with E-state index < -0.39 is 10.0 Å². The number of carbonyl (C=O) groups excluding carboxylic acids is 1. The van der Waals surface area contributed by atoms with Crippen LogP contribution in [0.15, 0.2) is 65.8 Å². The number of aromatic nitrogens is 2. The zero-order valence-electron chi connectivity index (χ0n) is 16.8. The average molecular weight is 492 g/mol. The summed E-state index contributed by atoms with van der Waals surface area (Å²) in [6.07, 6.45) is 3.37.